The summed E-state index contributed by atoms with van der Waals surface area (Å²) in [7, 11) is 0. The van der Waals surface area contributed by atoms with Crippen molar-refractivity contribution in [3.63, 3.8) is 0 Å². The second kappa shape index (κ2) is 7.28. The van der Waals surface area contributed by atoms with Gasteiger partial charge >= 0.3 is 0 Å². The molecule has 2 amide bonds. The van der Waals surface area contributed by atoms with Crippen molar-refractivity contribution in [3.8, 4) is 0 Å². The first-order valence-electron chi connectivity index (χ1n) is 8.52. The van der Waals surface area contributed by atoms with Crippen LogP contribution in [0.1, 0.15) is 31.2 Å². The summed E-state index contributed by atoms with van der Waals surface area (Å²) in [5.41, 5.74) is 0.272. The van der Waals surface area contributed by atoms with Crippen LogP contribution < -0.4 is 0 Å². The molecule has 2 saturated heterocycles. The first-order chi connectivity index (χ1) is 11.6. The number of alkyl halides is 1. The molecule has 0 bridgehead atoms. The molecule has 130 valence electrons. The number of hydrogen-bond acceptors (Lipinski definition) is 2. The molecule has 2 aliphatic heterocycles. The average molecular weight is 336 g/mol. The third-order valence-corrected chi connectivity index (χ3v) is 4.82. The second-order valence-corrected chi connectivity index (χ2v) is 6.55. The van der Waals surface area contributed by atoms with E-state index in [9.17, 15) is 18.4 Å². The summed E-state index contributed by atoms with van der Waals surface area (Å²) < 4.78 is 27.6. The number of rotatable bonds is 3. The van der Waals surface area contributed by atoms with E-state index in [2.05, 4.69) is 0 Å². The van der Waals surface area contributed by atoms with Gasteiger partial charge in [0.25, 0.3) is 0 Å². The minimum atomic E-state index is -1.20. The maximum Gasteiger partial charge on any atom is 0.245 e. The number of carbonyl (C=O) groups is 2. The van der Waals surface area contributed by atoms with Crippen molar-refractivity contribution in [1.82, 2.24) is 9.80 Å². The summed E-state index contributed by atoms with van der Waals surface area (Å²) in [6.45, 7) is 1.25. The summed E-state index contributed by atoms with van der Waals surface area (Å²) >= 11 is 0. The van der Waals surface area contributed by atoms with Gasteiger partial charge in [0.05, 0.1) is 13.0 Å². The second-order valence-electron chi connectivity index (χ2n) is 6.55. The van der Waals surface area contributed by atoms with Gasteiger partial charge < -0.3 is 9.80 Å². The number of carbonyl (C=O) groups excluding carboxylic acids is 2. The van der Waals surface area contributed by atoms with Crippen LogP contribution in [0.5, 0.6) is 0 Å². The van der Waals surface area contributed by atoms with Gasteiger partial charge in [-0.25, -0.2) is 8.78 Å². The fraction of sp³-hybridized carbons (Fsp3) is 0.556. The predicted molar refractivity (Wildman–Crippen MR) is 85.5 cm³/mol. The molecule has 2 atom stereocenters. The lowest BCUT2D eigenvalue weighted by molar-refractivity contribution is -0.144. The zero-order valence-electron chi connectivity index (χ0n) is 13.6. The monoisotopic (exact) mass is 336 g/mol. The van der Waals surface area contributed by atoms with E-state index in [4.69, 9.17) is 0 Å². The van der Waals surface area contributed by atoms with Crippen LogP contribution in [0.3, 0.4) is 0 Å². The number of benzene rings is 1. The Kier molecular flexibility index (Phi) is 5.11. The summed E-state index contributed by atoms with van der Waals surface area (Å²) in [4.78, 5) is 28.2. The molecule has 0 saturated carbocycles. The Labute approximate surface area is 140 Å². The van der Waals surface area contributed by atoms with Crippen LogP contribution in [-0.2, 0) is 16.0 Å². The lowest BCUT2D eigenvalue weighted by atomic mass is 10.1. The fourth-order valence-corrected chi connectivity index (χ4v) is 3.53. The molecule has 0 spiro atoms. The highest BCUT2D eigenvalue weighted by molar-refractivity contribution is 5.89. The zero-order valence-corrected chi connectivity index (χ0v) is 13.6. The summed E-state index contributed by atoms with van der Waals surface area (Å²) in [6, 6.07) is 5.29. The Balaban J connectivity index is 1.71. The molecular weight excluding hydrogens is 314 g/mol. The molecule has 3 rings (SSSR count). The number of nitrogens with zero attached hydrogens (tertiary/aromatic N) is 2. The van der Waals surface area contributed by atoms with Crippen molar-refractivity contribution >= 4 is 11.8 Å². The number of hydrogen-bond donors (Lipinski definition) is 0. The fourth-order valence-electron chi connectivity index (χ4n) is 3.53. The number of likely N-dealkylation sites (tertiary alicyclic amines) is 2. The van der Waals surface area contributed by atoms with E-state index >= 15 is 0 Å². The molecule has 6 heteroatoms. The molecule has 0 unspecified atom stereocenters. The summed E-state index contributed by atoms with van der Waals surface area (Å²) in [6.07, 6.45) is 1.67. The zero-order chi connectivity index (χ0) is 17.1. The minimum Gasteiger partial charge on any atom is -0.341 e. The molecular formula is C18H22F2N2O2. The highest BCUT2D eigenvalue weighted by Gasteiger charge is 2.41. The highest BCUT2D eigenvalue weighted by atomic mass is 19.1. The van der Waals surface area contributed by atoms with Crippen LogP contribution in [0.15, 0.2) is 24.3 Å². The van der Waals surface area contributed by atoms with Gasteiger partial charge in [-0.3, -0.25) is 9.59 Å². The quantitative estimate of drug-likeness (QED) is 0.850. The van der Waals surface area contributed by atoms with E-state index in [0.717, 1.165) is 19.3 Å². The van der Waals surface area contributed by atoms with E-state index < -0.39 is 23.9 Å². The standard InChI is InChI=1S/C18H22F2N2O2/c19-14-11-16(18(24)21-8-4-1-5-9-21)22(12-14)17(23)10-13-6-2-3-7-15(13)20/h2-3,6-7,14,16H,1,4-5,8-12H2/t14-,16-/m0/s1. The molecule has 0 radical (unpaired) electrons. The number of amides is 2. The van der Waals surface area contributed by atoms with Crippen LogP contribution in [0.25, 0.3) is 0 Å². The van der Waals surface area contributed by atoms with E-state index in [1.165, 1.54) is 17.0 Å². The van der Waals surface area contributed by atoms with E-state index in [1.54, 1.807) is 17.0 Å². The lowest BCUT2D eigenvalue weighted by Gasteiger charge is -2.32. The van der Waals surface area contributed by atoms with Crippen LogP contribution in [0, 0.1) is 5.82 Å². The van der Waals surface area contributed by atoms with E-state index in [0.29, 0.717) is 13.1 Å². The maximum absolute atomic E-state index is 13.9. The molecule has 2 aliphatic rings. The first-order valence-corrected chi connectivity index (χ1v) is 8.52. The van der Waals surface area contributed by atoms with Crippen LogP contribution in [-0.4, -0.2) is 53.5 Å². The summed E-state index contributed by atoms with van der Waals surface area (Å²) in [5, 5.41) is 0. The maximum atomic E-state index is 13.9. The Hall–Kier alpha value is -1.98. The van der Waals surface area contributed by atoms with Gasteiger partial charge in [-0.15, -0.1) is 0 Å². The molecule has 2 heterocycles. The smallest absolute Gasteiger partial charge is 0.245 e. The Morgan fingerprint density at radius 2 is 1.83 bits per heavy atom. The van der Waals surface area contributed by atoms with Crippen LogP contribution in [0.4, 0.5) is 8.78 Å². The SMILES string of the molecule is O=C([C@@H]1C[C@H](F)CN1C(=O)Cc1ccccc1F)N1CCCCC1. The van der Waals surface area contributed by atoms with Crippen molar-refractivity contribution in [2.75, 3.05) is 19.6 Å². The highest BCUT2D eigenvalue weighted by Crippen LogP contribution is 2.25. The Morgan fingerprint density at radius 3 is 2.54 bits per heavy atom. The van der Waals surface area contributed by atoms with Crippen molar-refractivity contribution in [3.05, 3.63) is 35.6 Å². The predicted octanol–water partition coefficient (Wildman–Crippen LogP) is 2.32. The van der Waals surface area contributed by atoms with E-state index in [1.807, 2.05) is 0 Å². The van der Waals surface area contributed by atoms with Gasteiger partial charge in [0.2, 0.25) is 11.8 Å². The molecule has 4 nitrogen and oxygen atoms in total. The van der Waals surface area contributed by atoms with Crippen molar-refractivity contribution in [2.45, 2.75) is 44.3 Å². The van der Waals surface area contributed by atoms with E-state index in [-0.39, 0.29) is 30.9 Å². The molecule has 0 aromatic heterocycles. The van der Waals surface area contributed by atoms with Crippen molar-refractivity contribution in [1.29, 1.82) is 0 Å². The molecule has 0 N–H and O–H groups in total. The van der Waals surface area contributed by atoms with Crippen LogP contribution >= 0.6 is 0 Å². The molecule has 24 heavy (non-hydrogen) atoms. The summed E-state index contributed by atoms with van der Waals surface area (Å²) in [5.74, 6) is -1.02. The third kappa shape index (κ3) is 3.57. The molecule has 0 aliphatic carbocycles. The Morgan fingerprint density at radius 1 is 1.12 bits per heavy atom. The molecule has 2 fully saturated rings. The number of piperidine rings is 1. The minimum absolute atomic E-state index is 0.0400. The van der Waals surface area contributed by atoms with Gasteiger partial charge in [-0.2, -0.15) is 0 Å². The largest absolute Gasteiger partial charge is 0.341 e. The topological polar surface area (TPSA) is 40.6 Å². The Bertz CT molecular complexity index is 617. The van der Waals surface area contributed by atoms with Gasteiger partial charge in [-0.1, -0.05) is 18.2 Å². The van der Waals surface area contributed by atoms with Gasteiger partial charge in [0.15, 0.2) is 0 Å². The van der Waals surface area contributed by atoms with Gasteiger partial charge in [-0.05, 0) is 30.9 Å². The normalized spacial score (nSPS) is 24.2. The first kappa shape index (κ1) is 16.9. The number of halogens is 2. The lowest BCUT2D eigenvalue weighted by Crippen LogP contribution is -2.49. The van der Waals surface area contributed by atoms with Crippen molar-refractivity contribution < 1.29 is 18.4 Å². The van der Waals surface area contributed by atoms with Gasteiger partial charge in [0.1, 0.15) is 18.0 Å². The molecule has 1 aromatic rings. The third-order valence-electron chi connectivity index (χ3n) is 4.82. The van der Waals surface area contributed by atoms with Gasteiger partial charge in [0, 0.05) is 19.5 Å². The average Bonchev–Trinajstić information content (AvgIpc) is 2.99. The molecule has 1 aromatic carbocycles. The van der Waals surface area contributed by atoms with Crippen molar-refractivity contribution in [2.24, 2.45) is 0 Å². The van der Waals surface area contributed by atoms with Crippen LogP contribution in [0.2, 0.25) is 0 Å².